The van der Waals surface area contributed by atoms with E-state index < -0.39 is 5.91 Å². The molecule has 2 aromatic heterocycles. The number of halogens is 1. The molecule has 7 nitrogen and oxygen atoms in total. The van der Waals surface area contributed by atoms with Gasteiger partial charge in [0.1, 0.15) is 0 Å². The average molecular weight is 510 g/mol. The van der Waals surface area contributed by atoms with Crippen molar-refractivity contribution in [3.8, 4) is 5.88 Å². The molecule has 0 radical (unpaired) electrons. The zero-order valence-electron chi connectivity index (χ0n) is 18.9. The summed E-state index contributed by atoms with van der Waals surface area (Å²) in [4.78, 5) is 31.7. The molecule has 35 heavy (non-hydrogen) atoms. The van der Waals surface area contributed by atoms with Gasteiger partial charge in [0, 0.05) is 18.4 Å². The quantitative estimate of drug-likeness (QED) is 0.531. The largest absolute Gasteiger partial charge is 0.494 e. The van der Waals surface area contributed by atoms with Gasteiger partial charge in [-0.15, -0.1) is 11.3 Å². The number of carbonyl (C=O) groups is 2. The highest BCUT2D eigenvalue weighted by molar-refractivity contribution is 7.18. The molecule has 1 aromatic carbocycles. The van der Waals surface area contributed by atoms with Crippen LogP contribution >= 0.6 is 22.9 Å². The standard InChI is InChI=1S/C26H24ClN3O4S/c27-22-10-9-21(35-22)24(32)28-20-8-2-5-17-14-29(26(34)23(17)20)13-16-4-1-7-19(12-16)30-11-3-6-18(15-31)25(30)33/h1-2,4,7-10,12,14,18,31,34H,3,5-6,11,13,15H2. The number of anilines is 1. The predicted molar refractivity (Wildman–Crippen MR) is 137 cm³/mol. The Morgan fingerprint density at radius 3 is 2.89 bits per heavy atom. The highest BCUT2D eigenvalue weighted by Crippen LogP contribution is 2.31. The summed E-state index contributed by atoms with van der Waals surface area (Å²) < 4.78 is 2.25. The molecule has 1 aliphatic carbocycles. The van der Waals surface area contributed by atoms with Gasteiger partial charge in [0.25, 0.3) is 5.91 Å². The molecule has 9 heteroatoms. The van der Waals surface area contributed by atoms with Crippen LogP contribution in [0.5, 0.6) is 5.88 Å². The van der Waals surface area contributed by atoms with E-state index in [1.807, 2.05) is 36.5 Å². The molecule has 0 bridgehead atoms. The van der Waals surface area contributed by atoms with Crippen molar-refractivity contribution >= 4 is 46.2 Å². The number of aromatic nitrogens is 1. The molecule has 2 N–H and O–H groups in total. The minimum Gasteiger partial charge on any atom is -0.494 e. The topological polar surface area (TPSA) is 95.1 Å². The smallest absolute Gasteiger partial charge is 0.287 e. The Morgan fingerprint density at radius 2 is 2.11 bits per heavy atom. The summed E-state index contributed by atoms with van der Waals surface area (Å²) in [5.41, 5.74) is 3.55. The van der Waals surface area contributed by atoms with Gasteiger partial charge in [0.15, 0.2) is 0 Å². The molecule has 0 spiro atoms. The SMILES string of the molecule is O=C(N=C1C=CCc2cn(Cc3cccc(N4CCCC(CO)C4=O)c3)c(O)c21)c1ccc(Cl)s1. The third kappa shape index (κ3) is 4.69. The molecule has 5 rings (SSSR count). The van der Waals surface area contributed by atoms with Crippen LogP contribution in [0.4, 0.5) is 5.69 Å². The van der Waals surface area contributed by atoms with Gasteiger partial charge in [-0.2, -0.15) is 0 Å². The summed E-state index contributed by atoms with van der Waals surface area (Å²) in [7, 11) is 0. The third-order valence-corrected chi connectivity index (χ3v) is 7.57. The van der Waals surface area contributed by atoms with Crippen molar-refractivity contribution in [2.24, 2.45) is 10.9 Å². The number of aromatic hydroxyl groups is 1. The van der Waals surface area contributed by atoms with E-state index in [1.54, 1.807) is 27.7 Å². The van der Waals surface area contributed by atoms with Crippen LogP contribution in [0, 0.1) is 5.92 Å². The number of benzene rings is 1. The highest BCUT2D eigenvalue weighted by Gasteiger charge is 2.29. The summed E-state index contributed by atoms with van der Waals surface area (Å²) in [5, 5.41) is 20.6. The number of aliphatic hydroxyl groups excluding tert-OH is 1. The van der Waals surface area contributed by atoms with Gasteiger partial charge in [0.2, 0.25) is 11.8 Å². The lowest BCUT2D eigenvalue weighted by Crippen LogP contribution is -2.42. The first kappa shape index (κ1) is 23.5. The molecule has 2 aliphatic rings. The van der Waals surface area contributed by atoms with Crippen molar-refractivity contribution in [3.05, 3.63) is 80.7 Å². The van der Waals surface area contributed by atoms with E-state index in [0.717, 1.165) is 23.2 Å². The summed E-state index contributed by atoms with van der Waals surface area (Å²) in [6, 6.07) is 11.0. The summed E-state index contributed by atoms with van der Waals surface area (Å²) in [5.74, 6) is -0.772. The Morgan fingerprint density at radius 1 is 1.26 bits per heavy atom. The molecule has 1 aliphatic heterocycles. The van der Waals surface area contributed by atoms with Crippen molar-refractivity contribution in [3.63, 3.8) is 0 Å². The maximum Gasteiger partial charge on any atom is 0.287 e. The van der Waals surface area contributed by atoms with Crippen LogP contribution in [0.3, 0.4) is 0 Å². The normalized spacial score (nSPS) is 18.8. The predicted octanol–water partition coefficient (Wildman–Crippen LogP) is 4.43. The number of aliphatic hydroxyl groups is 1. The van der Waals surface area contributed by atoms with E-state index in [2.05, 4.69) is 4.99 Å². The average Bonchev–Trinajstić information content (AvgIpc) is 3.43. The molecule has 1 fully saturated rings. The van der Waals surface area contributed by atoms with Gasteiger partial charge in [-0.3, -0.25) is 9.59 Å². The van der Waals surface area contributed by atoms with Crippen LogP contribution in [0.25, 0.3) is 0 Å². The number of aliphatic imine (C=N–C) groups is 1. The molecular weight excluding hydrogens is 486 g/mol. The summed E-state index contributed by atoms with van der Waals surface area (Å²) >= 11 is 7.11. The van der Waals surface area contributed by atoms with Gasteiger partial charge in [-0.1, -0.05) is 29.8 Å². The van der Waals surface area contributed by atoms with Crippen LogP contribution in [0.1, 0.15) is 39.2 Å². The molecule has 1 saturated heterocycles. The minimum atomic E-state index is -0.401. The molecule has 1 unspecified atom stereocenters. The molecule has 180 valence electrons. The molecule has 1 atom stereocenters. The van der Waals surface area contributed by atoms with Crippen molar-refractivity contribution in [2.45, 2.75) is 25.8 Å². The van der Waals surface area contributed by atoms with Crippen LogP contribution in [0.15, 0.2) is 59.7 Å². The number of rotatable bonds is 5. The van der Waals surface area contributed by atoms with Crippen molar-refractivity contribution in [2.75, 3.05) is 18.1 Å². The van der Waals surface area contributed by atoms with Gasteiger partial charge < -0.3 is 19.7 Å². The Labute approximate surface area is 211 Å². The zero-order valence-corrected chi connectivity index (χ0v) is 20.4. The second kappa shape index (κ2) is 9.81. The van der Waals surface area contributed by atoms with Crippen LogP contribution in [-0.4, -0.2) is 45.5 Å². The van der Waals surface area contributed by atoms with Gasteiger partial charge >= 0.3 is 0 Å². The van der Waals surface area contributed by atoms with Crippen LogP contribution < -0.4 is 4.90 Å². The minimum absolute atomic E-state index is 0.0416. The maximum absolute atomic E-state index is 12.7. The summed E-state index contributed by atoms with van der Waals surface area (Å²) in [6.07, 6.45) is 7.71. The number of carbonyl (C=O) groups excluding carboxylic acids is 2. The lowest BCUT2D eigenvalue weighted by atomic mass is 9.97. The number of nitrogens with zero attached hydrogens (tertiary/aromatic N) is 3. The lowest BCUT2D eigenvalue weighted by molar-refractivity contribution is -0.125. The fourth-order valence-corrected chi connectivity index (χ4v) is 5.55. The lowest BCUT2D eigenvalue weighted by Gasteiger charge is -2.31. The number of fused-ring (bicyclic) bond motifs is 1. The van der Waals surface area contributed by atoms with Gasteiger partial charge in [0.05, 0.1) is 39.6 Å². The second-order valence-corrected chi connectivity index (χ2v) is 10.4. The Kier molecular flexibility index (Phi) is 6.60. The number of amides is 2. The van der Waals surface area contributed by atoms with E-state index in [9.17, 15) is 19.8 Å². The fraction of sp³-hybridized carbons (Fsp3) is 0.269. The zero-order chi connectivity index (χ0) is 24.5. The Bertz CT molecular complexity index is 1360. The summed E-state index contributed by atoms with van der Waals surface area (Å²) in [6.45, 7) is 0.870. The monoisotopic (exact) mass is 509 g/mol. The Balaban J connectivity index is 1.40. The Hall–Kier alpha value is -3.20. The molecule has 3 aromatic rings. The number of piperidine rings is 1. The van der Waals surface area contributed by atoms with E-state index in [1.165, 1.54) is 11.3 Å². The highest BCUT2D eigenvalue weighted by atomic mass is 35.5. The molecule has 3 heterocycles. The molecule has 2 amide bonds. The van der Waals surface area contributed by atoms with Crippen LogP contribution in [-0.2, 0) is 17.8 Å². The van der Waals surface area contributed by atoms with Crippen molar-refractivity contribution in [1.82, 2.24) is 4.57 Å². The number of thiophene rings is 1. The van der Waals surface area contributed by atoms with E-state index >= 15 is 0 Å². The molecular formula is C26H24ClN3O4S. The van der Waals surface area contributed by atoms with Crippen LogP contribution in [0.2, 0.25) is 4.34 Å². The maximum atomic E-state index is 12.7. The second-order valence-electron chi connectivity index (χ2n) is 8.67. The third-order valence-electron chi connectivity index (χ3n) is 6.35. The van der Waals surface area contributed by atoms with Gasteiger partial charge in [-0.05, 0) is 60.7 Å². The fourth-order valence-electron chi connectivity index (χ4n) is 4.62. The van der Waals surface area contributed by atoms with E-state index in [4.69, 9.17) is 11.6 Å². The number of hydrogen-bond donors (Lipinski definition) is 2. The number of hydrogen-bond acceptors (Lipinski definition) is 5. The first-order chi connectivity index (χ1) is 16.9. The van der Waals surface area contributed by atoms with E-state index in [-0.39, 0.29) is 24.3 Å². The molecule has 0 saturated carbocycles. The van der Waals surface area contributed by atoms with Crippen molar-refractivity contribution < 1.29 is 19.8 Å². The van der Waals surface area contributed by atoms with Crippen molar-refractivity contribution in [1.29, 1.82) is 0 Å². The number of allylic oxidation sites excluding steroid dienone is 2. The van der Waals surface area contributed by atoms with E-state index in [0.29, 0.717) is 46.4 Å². The first-order valence-corrected chi connectivity index (χ1v) is 12.6. The first-order valence-electron chi connectivity index (χ1n) is 11.4. The van der Waals surface area contributed by atoms with Gasteiger partial charge in [-0.25, -0.2) is 4.99 Å².